The quantitative estimate of drug-likeness (QED) is 0.636. The smallest absolute Gasteiger partial charge is 0.240 e. The molecule has 0 aliphatic rings. The minimum atomic E-state index is -3.65. The van der Waals surface area contributed by atoms with Crippen molar-refractivity contribution in [3.05, 3.63) is 30.1 Å². The van der Waals surface area contributed by atoms with E-state index in [1.165, 1.54) is 12.1 Å². The number of halogens is 2. The first-order valence-corrected chi connectivity index (χ1v) is 6.71. The van der Waals surface area contributed by atoms with Gasteiger partial charge < -0.3 is 0 Å². The van der Waals surface area contributed by atoms with Crippen LogP contribution in [0, 0.1) is 5.82 Å². The molecule has 0 unspecified atom stereocenters. The number of hydrogen-bond donors (Lipinski definition) is 1. The number of nitrogens with one attached hydrogen (secondary N) is 1. The van der Waals surface area contributed by atoms with Crippen LogP contribution < -0.4 is 4.72 Å². The van der Waals surface area contributed by atoms with E-state index in [1.54, 1.807) is 0 Å². The number of carbonyl (C=O) groups excluding carboxylic acids is 1. The van der Waals surface area contributed by atoms with E-state index in [4.69, 9.17) is 11.6 Å². The second-order valence-electron chi connectivity index (χ2n) is 3.31. The van der Waals surface area contributed by atoms with Gasteiger partial charge in [0.25, 0.3) is 0 Å². The number of sulfonamides is 1. The van der Waals surface area contributed by atoms with Crippen LogP contribution in [0.25, 0.3) is 0 Å². The maximum absolute atomic E-state index is 12.6. The van der Waals surface area contributed by atoms with Crippen molar-refractivity contribution < 1.29 is 17.6 Å². The molecule has 0 saturated carbocycles. The molecule has 4 nitrogen and oxygen atoms in total. The van der Waals surface area contributed by atoms with Gasteiger partial charge in [0.05, 0.1) is 4.90 Å². The van der Waals surface area contributed by atoms with Gasteiger partial charge in [-0.1, -0.05) is 0 Å². The van der Waals surface area contributed by atoms with Crippen LogP contribution in [-0.4, -0.2) is 20.2 Å². The SMILES string of the molecule is O=C(Cl)CCCNS(=O)(=O)c1ccc(F)cc1. The molecule has 0 radical (unpaired) electrons. The molecule has 94 valence electrons. The summed E-state index contributed by atoms with van der Waals surface area (Å²) in [7, 11) is -3.65. The van der Waals surface area contributed by atoms with E-state index >= 15 is 0 Å². The van der Waals surface area contributed by atoms with Crippen LogP contribution in [0.2, 0.25) is 0 Å². The molecule has 0 aliphatic heterocycles. The highest BCUT2D eigenvalue weighted by Crippen LogP contribution is 2.09. The molecule has 0 bridgehead atoms. The molecule has 0 spiro atoms. The predicted octanol–water partition coefficient (Wildman–Crippen LogP) is 1.65. The lowest BCUT2D eigenvalue weighted by atomic mass is 10.3. The molecule has 0 heterocycles. The molecule has 0 aromatic heterocycles. The summed E-state index contributed by atoms with van der Waals surface area (Å²) >= 11 is 5.10. The Labute approximate surface area is 104 Å². The topological polar surface area (TPSA) is 63.2 Å². The molecule has 1 aromatic rings. The molecule has 7 heteroatoms. The number of rotatable bonds is 6. The Morgan fingerprint density at radius 2 is 1.88 bits per heavy atom. The number of carbonyl (C=O) groups is 1. The summed E-state index contributed by atoms with van der Waals surface area (Å²) in [5.74, 6) is -0.503. The Hall–Kier alpha value is -0.980. The van der Waals surface area contributed by atoms with Crippen LogP contribution >= 0.6 is 11.6 Å². The third-order valence-electron chi connectivity index (χ3n) is 1.97. The summed E-state index contributed by atoms with van der Waals surface area (Å²) in [5.41, 5.74) is 0. The van der Waals surface area contributed by atoms with Gasteiger partial charge in [0.1, 0.15) is 5.82 Å². The van der Waals surface area contributed by atoms with E-state index in [9.17, 15) is 17.6 Å². The fourth-order valence-corrected chi connectivity index (χ4v) is 2.34. The molecule has 0 atom stereocenters. The first-order chi connectivity index (χ1) is 7.92. The zero-order valence-electron chi connectivity index (χ0n) is 8.82. The third kappa shape index (κ3) is 4.80. The summed E-state index contributed by atoms with van der Waals surface area (Å²) in [4.78, 5) is 10.4. The van der Waals surface area contributed by atoms with Crippen molar-refractivity contribution in [3.8, 4) is 0 Å². The zero-order valence-corrected chi connectivity index (χ0v) is 10.4. The molecule has 0 fully saturated rings. The van der Waals surface area contributed by atoms with Crippen LogP contribution in [0.15, 0.2) is 29.2 Å². The molecule has 0 aliphatic carbocycles. The van der Waals surface area contributed by atoms with Crippen molar-refractivity contribution >= 4 is 26.9 Å². The van der Waals surface area contributed by atoms with E-state index in [1.807, 2.05) is 0 Å². The summed E-state index contributed by atoms with van der Waals surface area (Å²) < 4.78 is 38.2. The molecular weight excluding hydrogens is 269 g/mol. The van der Waals surface area contributed by atoms with Gasteiger partial charge >= 0.3 is 0 Å². The van der Waals surface area contributed by atoms with Gasteiger partial charge in [0.2, 0.25) is 15.3 Å². The molecule has 0 saturated heterocycles. The Bertz CT molecular complexity index is 487. The van der Waals surface area contributed by atoms with Crippen LogP contribution in [0.4, 0.5) is 4.39 Å². The highest BCUT2D eigenvalue weighted by atomic mass is 35.5. The lowest BCUT2D eigenvalue weighted by Gasteiger charge is -2.05. The third-order valence-corrected chi connectivity index (χ3v) is 3.63. The van der Waals surface area contributed by atoms with Crippen LogP contribution in [0.1, 0.15) is 12.8 Å². The molecule has 17 heavy (non-hydrogen) atoms. The van der Waals surface area contributed by atoms with Gasteiger partial charge in [-0.15, -0.1) is 0 Å². The highest BCUT2D eigenvalue weighted by Gasteiger charge is 2.12. The van der Waals surface area contributed by atoms with E-state index < -0.39 is 21.1 Å². The maximum Gasteiger partial charge on any atom is 0.240 e. The van der Waals surface area contributed by atoms with Crippen LogP contribution in [0.3, 0.4) is 0 Å². The van der Waals surface area contributed by atoms with Crippen molar-refractivity contribution in [1.29, 1.82) is 0 Å². The van der Waals surface area contributed by atoms with Gasteiger partial charge in [-0.05, 0) is 42.3 Å². The first-order valence-electron chi connectivity index (χ1n) is 4.85. The van der Waals surface area contributed by atoms with Gasteiger partial charge in [-0.2, -0.15) is 0 Å². The van der Waals surface area contributed by atoms with E-state index in [0.717, 1.165) is 12.1 Å². The largest absolute Gasteiger partial charge is 0.281 e. The van der Waals surface area contributed by atoms with E-state index in [2.05, 4.69) is 4.72 Å². The summed E-state index contributed by atoms with van der Waals surface area (Å²) in [6.07, 6.45) is 0.427. The number of hydrogen-bond acceptors (Lipinski definition) is 3. The normalized spacial score (nSPS) is 11.4. The highest BCUT2D eigenvalue weighted by molar-refractivity contribution is 7.89. The van der Waals surface area contributed by atoms with Gasteiger partial charge in [0, 0.05) is 13.0 Å². The molecule has 1 N–H and O–H groups in total. The van der Waals surface area contributed by atoms with E-state index in [0.29, 0.717) is 6.42 Å². The van der Waals surface area contributed by atoms with Crippen molar-refractivity contribution in [1.82, 2.24) is 4.72 Å². The second-order valence-corrected chi connectivity index (χ2v) is 5.50. The fourth-order valence-electron chi connectivity index (χ4n) is 1.13. The van der Waals surface area contributed by atoms with Gasteiger partial charge in [-0.25, -0.2) is 17.5 Å². The minimum absolute atomic E-state index is 0.0175. The second kappa shape index (κ2) is 6.09. The monoisotopic (exact) mass is 279 g/mol. The summed E-state index contributed by atoms with van der Waals surface area (Å²) in [6, 6.07) is 4.47. The van der Waals surface area contributed by atoms with Gasteiger partial charge in [-0.3, -0.25) is 4.79 Å². The molecule has 1 rings (SSSR count). The Balaban J connectivity index is 2.57. The lowest BCUT2D eigenvalue weighted by Crippen LogP contribution is -2.25. The van der Waals surface area contributed by atoms with Crippen molar-refractivity contribution in [3.63, 3.8) is 0 Å². The van der Waals surface area contributed by atoms with Gasteiger partial charge in [0.15, 0.2) is 0 Å². The average molecular weight is 280 g/mol. The summed E-state index contributed by atoms with van der Waals surface area (Å²) in [6.45, 7) is 0.109. The molecule has 1 aromatic carbocycles. The zero-order chi connectivity index (χ0) is 12.9. The van der Waals surface area contributed by atoms with Crippen LogP contribution in [0.5, 0.6) is 0 Å². The minimum Gasteiger partial charge on any atom is -0.281 e. The standard InChI is InChI=1S/C10H11ClFNO3S/c11-10(14)2-1-7-13-17(15,16)9-5-3-8(12)4-6-9/h3-6,13H,1-2,7H2. The first kappa shape index (κ1) is 14.1. The molecule has 0 amide bonds. The van der Waals surface area contributed by atoms with Crippen LogP contribution in [-0.2, 0) is 14.8 Å². The van der Waals surface area contributed by atoms with Crippen molar-refractivity contribution in [2.75, 3.05) is 6.54 Å². The Morgan fingerprint density at radius 3 is 2.41 bits per heavy atom. The Kier molecular flexibility index (Phi) is 5.04. The molecular formula is C10H11ClFNO3S. The van der Waals surface area contributed by atoms with Crippen molar-refractivity contribution in [2.24, 2.45) is 0 Å². The maximum atomic E-state index is 12.6. The fraction of sp³-hybridized carbons (Fsp3) is 0.300. The van der Waals surface area contributed by atoms with E-state index in [-0.39, 0.29) is 17.9 Å². The van der Waals surface area contributed by atoms with Crippen molar-refractivity contribution in [2.45, 2.75) is 17.7 Å². The summed E-state index contributed by atoms with van der Waals surface area (Å²) in [5, 5.41) is -0.508. The Morgan fingerprint density at radius 1 is 1.29 bits per heavy atom. The predicted molar refractivity (Wildman–Crippen MR) is 61.7 cm³/mol. The average Bonchev–Trinajstić information content (AvgIpc) is 2.25. The number of benzene rings is 1. The lowest BCUT2D eigenvalue weighted by molar-refractivity contribution is -0.111.